The van der Waals surface area contributed by atoms with E-state index in [-0.39, 0.29) is 16.9 Å². The maximum Gasteiger partial charge on any atom is 0.119 e. The Hall–Kier alpha value is -1.28. The van der Waals surface area contributed by atoms with Gasteiger partial charge in [0.2, 0.25) is 0 Å². The van der Waals surface area contributed by atoms with Crippen molar-refractivity contribution in [2.24, 2.45) is 29.1 Å². The van der Waals surface area contributed by atoms with Crippen LogP contribution in [-0.4, -0.2) is 16.3 Å². The monoisotopic (exact) mass is 392 g/mol. The number of allylic oxidation sites excluding steroid dienone is 2. The van der Waals surface area contributed by atoms with Gasteiger partial charge in [0.25, 0.3) is 0 Å². The molecule has 1 aromatic rings. The molecular formula is C27H36O2. The Labute approximate surface area is 175 Å². The molecule has 1 aromatic carbocycles. The van der Waals surface area contributed by atoms with Crippen molar-refractivity contribution in [3.63, 3.8) is 0 Å². The fourth-order valence-corrected chi connectivity index (χ4v) is 8.66. The van der Waals surface area contributed by atoms with Crippen molar-refractivity contribution in [1.82, 2.24) is 0 Å². The summed E-state index contributed by atoms with van der Waals surface area (Å²) in [6.45, 7) is 2.29. The van der Waals surface area contributed by atoms with Gasteiger partial charge in [-0.15, -0.1) is 0 Å². The van der Waals surface area contributed by atoms with Crippen LogP contribution in [0.1, 0.15) is 82.3 Å². The summed E-state index contributed by atoms with van der Waals surface area (Å²) in [6.07, 6.45) is 15.9. The first-order valence-corrected chi connectivity index (χ1v) is 12.1. The van der Waals surface area contributed by atoms with E-state index in [1.54, 1.807) is 5.57 Å². The molecule has 7 rings (SSSR count). The number of aliphatic hydroxyl groups excluding tert-OH is 1. The van der Waals surface area contributed by atoms with Gasteiger partial charge in [-0.3, -0.25) is 0 Å². The highest BCUT2D eigenvalue weighted by atomic mass is 16.3. The third-order valence-corrected chi connectivity index (χ3v) is 9.92. The molecule has 0 heterocycles. The van der Waals surface area contributed by atoms with Crippen LogP contribution >= 0.6 is 0 Å². The Balaban J connectivity index is 1.26. The molecule has 5 fully saturated rings. The number of aliphatic hydroxyl groups is 1. The van der Waals surface area contributed by atoms with Crippen LogP contribution in [0.15, 0.2) is 29.8 Å². The summed E-state index contributed by atoms with van der Waals surface area (Å²) >= 11 is 0. The summed E-state index contributed by atoms with van der Waals surface area (Å²) in [6, 6.07) is 6.51. The molecule has 0 unspecified atom stereocenters. The van der Waals surface area contributed by atoms with Crippen molar-refractivity contribution in [3.05, 3.63) is 41.0 Å². The van der Waals surface area contributed by atoms with Crippen molar-refractivity contribution in [1.29, 1.82) is 0 Å². The molecular weight excluding hydrogens is 356 g/mol. The molecule has 6 aliphatic rings. The molecule has 0 aromatic heterocycles. The Morgan fingerprint density at radius 1 is 1.00 bits per heavy atom. The van der Waals surface area contributed by atoms with Gasteiger partial charge in [-0.25, -0.2) is 0 Å². The molecule has 4 bridgehead atoms. The molecule has 0 spiro atoms. The molecule has 156 valence electrons. The zero-order chi connectivity index (χ0) is 19.8. The first-order chi connectivity index (χ1) is 13.9. The summed E-state index contributed by atoms with van der Waals surface area (Å²) < 4.78 is 0. The minimum atomic E-state index is -0.123. The molecule has 6 aliphatic carbocycles. The lowest BCUT2D eigenvalue weighted by molar-refractivity contribution is -0.00616. The lowest BCUT2D eigenvalue weighted by Gasteiger charge is -2.57. The predicted octanol–water partition coefficient (Wildman–Crippen LogP) is 5.90. The topological polar surface area (TPSA) is 40.5 Å². The lowest BCUT2D eigenvalue weighted by atomic mass is 9.48. The molecule has 0 amide bonds. The van der Waals surface area contributed by atoms with E-state index in [0.29, 0.717) is 11.7 Å². The highest BCUT2D eigenvalue weighted by Crippen LogP contribution is 2.62. The standard InChI is InChI=1S/C27H36O2/c1-26-7-6-18(12-22(26)3-5-25(26)29)8-17-2-4-24(28)23(13-17)27-14-19-9-20(15-27)11-21(10-19)16-27/h2,4,6,13,19-22,25,28-29H,3,5,7-12,14-16H2,1H3/t19?,20?,21?,22-,25-,26-,27?/m0/s1. The normalized spacial score (nSPS) is 45.3. The Morgan fingerprint density at radius 3 is 2.38 bits per heavy atom. The van der Waals surface area contributed by atoms with Crippen LogP contribution in [-0.2, 0) is 11.8 Å². The SMILES string of the molecule is C[C@]12CC=C(Cc3ccc(O)c(C45CC6CC(CC(C6)C4)C5)c3)C[C@@H]1CC[C@@H]2O. The number of aromatic hydroxyl groups is 1. The van der Waals surface area contributed by atoms with Gasteiger partial charge in [0.1, 0.15) is 5.75 Å². The average molecular weight is 393 g/mol. The van der Waals surface area contributed by atoms with Crippen LogP contribution in [0, 0.1) is 29.1 Å². The number of fused-ring (bicyclic) bond motifs is 1. The van der Waals surface area contributed by atoms with Gasteiger partial charge in [0, 0.05) is 11.0 Å². The molecule has 2 heteroatoms. The van der Waals surface area contributed by atoms with Crippen LogP contribution in [0.25, 0.3) is 0 Å². The van der Waals surface area contributed by atoms with Crippen molar-refractivity contribution in [2.45, 2.75) is 89.1 Å². The van der Waals surface area contributed by atoms with E-state index in [9.17, 15) is 10.2 Å². The molecule has 5 saturated carbocycles. The molecule has 0 saturated heterocycles. The quantitative estimate of drug-likeness (QED) is 0.629. The van der Waals surface area contributed by atoms with Crippen molar-refractivity contribution in [3.8, 4) is 5.75 Å². The lowest BCUT2D eigenvalue weighted by Crippen LogP contribution is -2.48. The Kier molecular flexibility index (Phi) is 4.05. The summed E-state index contributed by atoms with van der Waals surface area (Å²) in [5, 5.41) is 21.3. The number of hydrogen-bond donors (Lipinski definition) is 2. The molecule has 0 radical (unpaired) electrons. The van der Waals surface area contributed by atoms with E-state index < -0.39 is 0 Å². The van der Waals surface area contributed by atoms with Gasteiger partial charge >= 0.3 is 0 Å². The fraction of sp³-hybridized carbons (Fsp3) is 0.704. The Morgan fingerprint density at radius 2 is 1.69 bits per heavy atom. The molecule has 2 N–H and O–H groups in total. The first kappa shape index (κ1) is 18.5. The van der Waals surface area contributed by atoms with Crippen LogP contribution in [0.3, 0.4) is 0 Å². The molecule has 3 atom stereocenters. The zero-order valence-electron chi connectivity index (χ0n) is 17.9. The molecule has 2 nitrogen and oxygen atoms in total. The van der Waals surface area contributed by atoms with E-state index >= 15 is 0 Å². The average Bonchev–Trinajstić information content (AvgIpc) is 2.97. The minimum Gasteiger partial charge on any atom is -0.508 e. The Bertz CT molecular complexity index is 817. The third-order valence-electron chi connectivity index (χ3n) is 9.92. The summed E-state index contributed by atoms with van der Waals surface area (Å²) in [7, 11) is 0. The van der Waals surface area contributed by atoms with E-state index in [4.69, 9.17) is 0 Å². The number of hydrogen-bond acceptors (Lipinski definition) is 2. The highest BCUT2D eigenvalue weighted by molar-refractivity contribution is 5.44. The number of rotatable bonds is 3. The van der Waals surface area contributed by atoms with E-state index in [1.165, 1.54) is 56.1 Å². The zero-order valence-corrected chi connectivity index (χ0v) is 17.9. The van der Waals surface area contributed by atoms with Crippen molar-refractivity contribution < 1.29 is 10.2 Å². The first-order valence-electron chi connectivity index (χ1n) is 12.1. The predicted molar refractivity (Wildman–Crippen MR) is 116 cm³/mol. The maximum atomic E-state index is 10.8. The second-order valence-corrected chi connectivity index (χ2v) is 11.8. The van der Waals surface area contributed by atoms with Crippen LogP contribution < -0.4 is 0 Å². The highest BCUT2D eigenvalue weighted by Gasteiger charge is 2.52. The largest absolute Gasteiger partial charge is 0.508 e. The van der Waals surface area contributed by atoms with E-state index in [0.717, 1.165) is 43.4 Å². The summed E-state index contributed by atoms with van der Waals surface area (Å²) in [5.74, 6) is 3.88. The van der Waals surface area contributed by atoms with Gasteiger partial charge < -0.3 is 10.2 Å². The van der Waals surface area contributed by atoms with E-state index in [2.05, 4.69) is 25.1 Å². The maximum absolute atomic E-state index is 10.8. The second kappa shape index (κ2) is 6.36. The van der Waals surface area contributed by atoms with Crippen molar-refractivity contribution >= 4 is 0 Å². The smallest absolute Gasteiger partial charge is 0.119 e. The fourth-order valence-electron chi connectivity index (χ4n) is 8.66. The molecule has 0 aliphatic heterocycles. The van der Waals surface area contributed by atoms with Crippen molar-refractivity contribution in [2.75, 3.05) is 0 Å². The second-order valence-electron chi connectivity index (χ2n) is 11.8. The minimum absolute atomic E-state index is 0.100. The van der Waals surface area contributed by atoms with Gasteiger partial charge in [-0.1, -0.05) is 30.7 Å². The van der Waals surface area contributed by atoms with Crippen LogP contribution in [0.2, 0.25) is 0 Å². The van der Waals surface area contributed by atoms with Gasteiger partial charge in [0.05, 0.1) is 6.10 Å². The van der Waals surface area contributed by atoms with Gasteiger partial charge in [-0.05, 0) is 111 Å². The number of benzene rings is 1. The van der Waals surface area contributed by atoms with Gasteiger partial charge in [-0.2, -0.15) is 0 Å². The number of phenols is 1. The molecule has 29 heavy (non-hydrogen) atoms. The van der Waals surface area contributed by atoms with Crippen LogP contribution in [0.4, 0.5) is 0 Å². The summed E-state index contributed by atoms with van der Waals surface area (Å²) in [5.41, 5.74) is 4.55. The van der Waals surface area contributed by atoms with Gasteiger partial charge in [0.15, 0.2) is 0 Å². The third kappa shape index (κ3) is 2.85. The van der Waals surface area contributed by atoms with Crippen LogP contribution in [0.5, 0.6) is 5.75 Å². The summed E-state index contributed by atoms with van der Waals surface area (Å²) in [4.78, 5) is 0. The number of phenolic OH excluding ortho intramolecular Hbond substituents is 1. The van der Waals surface area contributed by atoms with E-state index in [1.807, 2.05) is 6.07 Å².